The van der Waals surface area contributed by atoms with Crippen molar-refractivity contribution in [3.63, 3.8) is 0 Å². The van der Waals surface area contributed by atoms with Crippen LogP contribution in [0, 0.1) is 20.8 Å². The number of benzene rings is 1. The Balaban J connectivity index is 1.85. The lowest BCUT2D eigenvalue weighted by atomic mass is 10.1. The minimum atomic E-state index is -0.315. The first-order valence-corrected chi connectivity index (χ1v) is 9.54. The minimum Gasteiger partial charge on any atom is -0.346 e. The molecule has 0 radical (unpaired) electrons. The summed E-state index contributed by atoms with van der Waals surface area (Å²) >= 11 is 1.69. The zero-order valence-electron chi connectivity index (χ0n) is 16.1. The number of nitrogens with one attached hydrogen (secondary N) is 2. The predicted molar refractivity (Wildman–Crippen MR) is 108 cm³/mol. The van der Waals surface area contributed by atoms with E-state index >= 15 is 0 Å². The molecule has 2 rings (SSSR count). The number of anilines is 1. The van der Waals surface area contributed by atoms with Crippen molar-refractivity contribution in [2.45, 2.75) is 40.3 Å². The van der Waals surface area contributed by atoms with Crippen molar-refractivity contribution < 1.29 is 9.59 Å². The molecule has 0 unspecified atom stereocenters. The molecule has 1 aromatic heterocycles. The highest BCUT2D eigenvalue weighted by molar-refractivity contribution is 7.10. The summed E-state index contributed by atoms with van der Waals surface area (Å²) in [6.45, 7) is 8.50. The van der Waals surface area contributed by atoms with Crippen molar-refractivity contribution in [2.24, 2.45) is 0 Å². The third kappa shape index (κ3) is 5.16. The van der Waals surface area contributed by atoms with Gasteiger partial charge >= 0.3 is 0 Å². The van der Waals surface area contributed by atoms with Crippen LogP contribution in [-0.4, -0.2) is 36.3 Å². The van der Waals surface area contributed by atoms with Crippen LogP contribution in [0.15, 0.2) is 29.6 Å². The maximum absolute atomic E-state index is 12.4. The number of likely N-dealkylation sites (N-methyl/N-ethyl adjacent to an activating group) is 1. The molecule has 140 valence electrons. The maximum atomic E-state index is 12.4. The van der Waals surface area contributed by atoms with E-state index in [1.54, 1.807) is 11.3 Å². The lowest BCUT2D eigenvalue weighted by molar-refractivity contribution is -0.127. The number of aryl methyl sites for hydroxylation is 3. The Morgan fingerprint density at radius 3 is 2.35 bits per heavy atom. The Morgan fingerprint density at radius 2 is 1.77 bits per heavy atom. The molecule has 0 saturated carbocycles. The zero-order chi connectivity index (χ0) is 19.3. The number of hydrogen-bond acceptors (Lipinski definition) is 4. The van der Waals surface area contributed by atoms with Crippen LogP contribution in [-0.2, 0) is 16.1 Å². The molecule has 0 spiro atoms. The SMILES string of the molecule is Cc1ccsc1CN(C)[C@H](C)C(=O)NCC(=O)Nc1c(C)cccc1C. The molecule has 0 aliphatic heterocycles. The number of carbonyl (C=O) groups is 2. The molecule has 0 aliphatic rings. The van der Waals surface area contributed by atoms with Gasteiger partial charge in [-0.1, -0.05) is 18.2 Å². The molecule has 1 heterocycles. The van der Waals surface area contributed by atoms with Crippen LogP contribution >= 0.6 is 11.3 Å². The second-order valence-electron chi connectivity index (χ2n) is 6.65. The van der Waals surface area contributed by atoms with Crippen molar-refractivity contribution in [2.75, 3.05) is 18.9 Å². The van der Waals surface area contributed by atoms with Gasteiger partial charge in [-0.15, -0.1) is 11.3 Å². The molecule has 0 saturated heterocycles. The van der Waals surface area contributed by atoms with Crippen molar-refractivity contribution in [1.29, 1.82) is 0 Å². The third-order valence-corrected chi connectivity index (χ3v) is 5.58. The fourth-order valence-corrected chi connectivity index (χ4v) is 3.61. The second-order valence-corrected chi connectivity index (χ2v) is 7.65. The lowest BCUT2D eigenvalue weighted by Crippen LogP contribution is -2.45. The van der Waals surface area contributed by atoms with Crippen LogP contribution in [0.4, 0.5) is 5.69 Å². The van der Waals surface area contributed by atoms with Crippen LogP contribution < -0.4 is 10.6 Å². The van der Waals surface area contributed by atoms with Gasteiger partial charge in [0.15, 0.2) is 0 Å². The highest BCUT2D eigenvalue weighted by Gasteiger charge is 2.19. The maximum Gasteiger partial charge on any atom is 0.243 e. The number of nitrogens with zero attached hydrogens (tertiary/aromatic N) is 1. The Bertz CT molecular complexity index is 765. The van der Waals surface area contributed by atoms with Crippen LogP contribution in [0.3, 0.4) is 0 Å². The van der Waals surface area contributed by atoms with E-state index in [2.05, 4.69) is 29.0 Å². The number of amides is 2. The normalized spacial score (nSPS) is 12.1. The zero-order valence-corrected chi connectivity index (χ0v) is 16.9. The summed E-state index contributed by atoms with van der Waals surface area (Å²) in [5.41, 5.74) is 4.06. The average molecular weight is 374 g/mol. The van der Waals surface area contributed by atoms with Gasteiger partial charge in [0.2, 0.25) is 11.8 Å². The molecule has 2 aromatic rings. The van der Waals surface area contributed by atoms with Gasteiger partial charge in [0, 0.05) is 17.1 Å². The van der Waals surface area contributed by atoms with Crippen molar-refractivity contribution in [3.8, 4) is 0 Å². The van der Waals surface area contributed by atoms with Crippen molar-refractivity contribution in [1.82, 2.24) is 10.2 Å². The molecule has 2 N–H and O–H groups in total. The number of thiophene rings is 1. The van der Waals surface area contributed by atoms with Gasteiger partial charge in [0.1, 0.15) is 0 Å². The van der Waals surface area contributed by atoms with Gasteiger partial charge in [-0.3, -0.25) is 14.5 Å². The third-order valence-electron chi connectivity index (χ3n) is 4.57. The van der Waals surface area contributed by atoms with Gasteiger partial charge in [-0.25, -0.2) is 0 Å². The topological polar surface area (TPSA) is 61.4 Å². The Kier molecular flexibility index (Phi) is 6.94. The standard InChI is InChI=1S/C20H27N3O2S/c1-13-9-10-26-17(13)12-23(5)16(4)20(25)21-11-18(24)22-19-14(2)7-6-8-15(19)3/h6-10,16H,11-12H2,1-5H3,(H,21,25)(H,22,24)/t16-/m1/s1. The quantitative estimate of drug-likeness (QED) is 0.783. The summed E-state index contributed by atoms with van der Waals surface area (Å²) in [5.74, 6) is -0.377. The van der Waals surface area contributed by atoms with Crippen molar-refractivity contribution >= 4 is 28.8 Å². The first kappa shape index (κ1) is 20.1. The molecule has 0 fully saturated rings. The largest absolute Gasteiger partial charge is 0.346 e. The van der Waals surface area contributed by atoms with Gasteiger partial charge < -0.3 is 10.6 Å². The van der Waals surface area contributed by atoms with E-state index < -0.39 is 0 Å². The molecule has 5 nitrogen and oxygen atoms in total. The van der Waals surface area contributed by atoms with Gasteiger partial charge in [0.05, 0.1) is 12.6 Å². The van der Waals surface area contributed by atoms with Gasteiger partial charge in [-0.05, 0) is 62.9 Å². The van der Waals surface area contributed by atoms with Gasteiger partial charge in [-0.2, -0.15) is 0 Å². The molecular weight excluding hydrogens is 346 g/mol. The summed E-state index contributed by atoms with van der Waals surface area (Å²) in [4.78, 5) is 27.8. The van der Waals surface area contributed by atoms with E-state index in [4.69, 9.17) is 0 Å². The highest BCUT2D eigenvalue weighted by Crippen LogP contribution is 2.19. The first-order valence-electron chi connectivity index (χ1n) is 8.66. The first-order chi connectivity index (χ1) is 12.3. The minimum absolute atomic E-state index is 0.0389. The molecule has 26 heavy (non-hydrogen) atoms. The van der Waals surface area contributed by atoms with E-state index in [0.717, 1.165) is 16.8 Å². The van der Waals surface area contributed by atoms with E-state index in [9.17, 15) is 9.59 Å². The van der Waals surface area contributed by atoms with Crippen LogP contribution in [0.25, 0.3) is 0 Å². The molecule has 0 bridgehead atoms. The van der Waals surface area contributed by atoms with E-state index in [1.165, 1.54) is 10.4 Å². The van der Waals surface area contributed by atoms with E-state index in [0.29, 0.717) is 6.54 Å². The molecular formula is C20H27N3O2S. The lowest BCUT2D eigenvalue weighted by Gasteiger charge is -2.23. The Morgan fingerprint density at radius 1 is 1.12 bits per heavy atom. The average Bonchev–Trinajstić information content (AvgIpc) is 3.00. The summed E-state index contributed by atoms with van der Waals surface area (Å²) in [6.07, 6.45) is 0. The highest BCUT2D eigenvalue weighted by atomic mass is 32.1. The second kappa shape index (κ2) is 8.96. The van der Waals surface area contributed by atoms with Crippen LogP contribution in [0.1, 0.15) is 28.5 Å². The fraction of sp³-hybridized carbons (Fsp3) is 0.400. The number of para-hydroxylation sites is 1. The molecule has 1 atom stereocenters. The van der Waals surface area contributed by atoms with Crippen molar-refractivity contribution in [3.05, 3.63) is 51.2 Å². The van der Waals surface area contributed by atoms with Gasteiger partial charge in [0.25, 0.3) is 0 Å². The van der Waals surface area contributed by atoms with E-state index in [1.807, 2.05) is 50.9 Å². The number of hydrogen-bond donors (Lipinski definition) is 2. The van der Waals surface area contributed by atoms with Crippen LogP contribution in [0.2, 0.25) is 0 Å². The summed E-state index contributed by atoms with van der Waals surface area (Å²) in [6, 6.07) is 7.62. The molecule has 1 aromatic carbocycles. The summed E-state index contributed by atoms with van der Waals surface area (Å²) < 4.78 is 0. The van der Waals surface area contributed by atoms with Crippen LogP contribution in [0.5, 0.6) is 0 Å². The predicted octanol–water partition coefficient (Wildman–Crippen LogP) is 3.25. The smallest absolute Gasteiger partial charge is 0.243 e. The number of carbonyl (C=O) groups excluding carboxylic acids is 2. The molecule has 2 amide bonds. The molecule has 6 heteroatoms. The van der Waals surface area contributed by atoms with E-state index in [-0.39, 0.29) is 24.4 Å². The molecule has 0 aliphatic carbocycles. The fourth-order valence-electron chi connectivity index (χ4n) is 2.64. The summed E-state index contributed by atoms with van der Waals surface area (Å²) in [5, 5.41) is 7.66. The Labute approximate surface area is 159 Å². The number of rotatable bonds is 7. The Hall–Kier alpha value is -2.18. The monoisotopic (exact) mass is 373 g/mol. The summed E-state index contributed by atoms with van der Waals surface area (Å²) in [7, 11) is 1.92.